The van der Waals surface area contributed by atoms with Gasteiger partial charge in [0.05, 0.1) is 18.5 Å². The molecule has 0 fully saturated rings. The third-order valence-electron chi connectivity index (χ3n) is 6.22. The van der Waals surface area contributed by atoms with Crippen LogP contribution < -0.4 is 32.0 Å². The molecule has 38 heavy (non-hydrogen) atoms. The fourth-order valence-electron chi connectivity index (χ4n) is 3.81. The van der Waals surface area contributed by atoms with Crippen molar-refractivity contribution < 1.29 is 19.1 Å². The Labute approximate surface area is 227 Å². The standard InChI is InChI=1S/C29H45N5O4/c1-20(2)22-5-9-25(10-6-22)37-18-24(19-38-26-11-7-23(8-12-26)21(3)4)33-29(36)27(32)17-28(35)34(15-13-30)16-14-31/h5-12,20-21,24,27H,13-19,30-32H2,1-4H3,(H,33,36)/t27-/m0/s1. The number of carbonyl (C=O) groups is 2. The maximum Gasteiger partial charge on any atom is 0.237 e. The average molecular weight is 528 g/mol. The predicted octanol–water partition coefficient (Wildman–Crippen LogP) is 2.34. The van der Waals surface area contributed by atoms with E-state index >= 15 is 0 Å². The van der Waals surface area contributed by atoms with Crippen LogP contribution in [0.3, 0.4) is 0 Å². The van der Waals surface area contributed by atoms with Crippen LogP contribution >= 0.6 is 0 Å². The molecule has 2 aromatic rings. The number of nitrogens with two attached hydrogens (primary N) is 3. The first-order chi connectivity index (χ1) is 18.1. The van der Waals surface area contributed by atoms with E-state index in [2.05, 4.69) is 33.0 Å². The average Bonchev–Trinajstić information content (AvgIpc) is 2.90. The number of hydrogen-bond acceptors (Lipinski definition) is 7. The number of benzene rings is 2. The fraction of sp³-hybridized carbons (Fsp3) is 0.517. The zero-order chi connectivity index (χ0) is 28.1. The summed E-state index contributed by atoms with van der Waals surface area (Å²) in [6.45, 7) is 10.2. The van der Waals surface area contributed by atoms with Crippen molar-refractivity contribution in [3.8, 4) is 11.5 Å². The summed E-state index contributed by atoms with van der Waals surface area (Å²) in [5.41, 5.74) is 19.7. The van der Waals surface area contributed by atoms with Crippen LogP contribution in [0.2, 0.25) is 0 Å². The van der Waals surface area contributed by atoms with Crippen LogP contribution in [0.15, 0.2) is 48.5 Å². The second-order valence-corrected chi connectivity index (χ2v) is 10.0. The van der Waals surface area contributed by atoms with E-state index in [9.17, 15) is 9.59 Å². The minimum Gasteiger partial charge on any atom is -0.491 e. The number of amides is 2. The monoisotopic (exact) mass is 527 g/mol. The SMILES string of the molecule is CC(C)c1ccc(OCC(COc2ccc(C(C)C)cc2)NC(=O)[C@@H](N)CC(=O)N(CCN)CCN)cc1. The molecule has 2 amide bonds. The van der Waals surface area contributed by atoms with Crippen LogP contribution in [0.4, 0.5) is 0 Å². The van der Waals surface area contributed by atoms with Crippen molar-refractivity contribution in [1.82, 2.24) is 10.2 Å². The van der Waals surface area contributed by atoms with Crippen molar-refractivity contribution in [3.63, 3.8) is 0 Å². The van der Waals surface area contributed by atoms with Crippen LogP contribution in [0.5, 0.6) is 11.5 Å². The van der Waals surface area contributed by atoms with Gasteiger partial charge >= 0.3 is 0 Å². The van der Waals surface area contributed by atoms with Crippen LogP contribution in [-0.4, -0.2) is 68.2 Å². The van der Waals surface area contributed by atoms with Gasteiger partial charge in [0, 0.05) is 26.2 Å². The number of nitrogens with zero attached hydrogens (tertiary/aromatic N) is 1. The largest absolute Gasteiger partial charge is 0.491 e. The molecule has 0 radical (unpaired) electrons. The van der Waals surface area contributed by atoms with Crippen LogP contribution in [-0.2, 0) is 9.59 Å². The highest BCUT2D eigenvalue weighted by Crippen LogP contribution is 2.20. The van der Waals surface area contributed by atoms with Gasteiger partial charge < -0.3 is 36.9 Å². The normalized spacial score (nSPS) is 12.1. The van der Waals surface area contributed by atoms with Crippen molar-refractivity contribution in [3.05, 3.63) is 59.7 Å². The smallest absolute Gasteiger partial charge is 0.237 e. The van der Waals surface area contributed by atoms with Gasteiger partial charge in [-0.3, -0.25) is 9.59 Å². The number of rotatable bonds is 16. The molecule has 2 rings (SSSR count). The molecule has 9 heteroatoms. The van der Waals surface area contributed by atoms with Gasteiger partial charge in [-0.2, -0.15) is 0 Å². The molecule has 210 valence electrons. The summed E-state index contributed by atoms with van der Waals surface area (Å²) in [4.78, 5) is 27.0. The lowest BCUT2D eigenvalue weighted by Crippen LogP contribution is -2.51. The first-order valence-electron chi connectivity index (χ1n) is 13.3. The summed E-state index contributed by atoms with van der Waals surface area (Å²) in [7, 11) is 0. The third kappa shape index (κ3) is 10.3. The maximum absolute atomic E-state index is 12.9. The number of nitrogens with one attached hydrogen (secondary N) is 1. The molecule has 0 bridgehead atoms. The quantitative estimate of drug-likeness (QED) is 0.262. The molecular weight excluding hydrogens is 482 g/mol. The van der Waals surface area contributed by atoms with Crippen LogP contribution in [0.25, 0.3) is 0 Å². The summed E-state index contributed by atoms with van der Waals surface area (Å²) in [5.74, 6) is 1.49. The highest BCUT2D eigenvalue weighted by molar-refractivity contribution is 5.88. The Morgan fingerprint density at radius 1 is 0.789 bits per heavy atom. The minimum atomic E-state index is -1.03. The Hall–Kier alpha value is -3.14. The Morgan fingerprint density at radius 2 is 1.21 bits per heavy atom. The van der Waals surface area contributed by atoms with E-state index in [4.69, 9.17) is 26.7 Å². The molecule has 0 aliphatic heterocycles. The van der Waals surface area contributed by atoms with Crippen LogP contribution in [0, 0.1) is 0 Å². The molecule has 0 spiro atoms. The minimum absolute atomic E-state index is 0.145. The number of ether oxygens (including phenoxy) is 2. The van der Waals surface area contributed by atoms with E-state index in [1.807, 2.05) is 48.5 Å². The highest BCUT2D eigenvalue weighted by atomic mass is 16.5. The van der Waals surface area contributed by atoms with Crippen molar-refractivity contribution in [2.24, 2.45) is 17.2 Å². The molecular formula is C29H45N5O4. The summed E-state index contributed by atoms with van der Waals surface area (Å²) in [6, 6.07) is 14.2. The Kier molecular flexibility index (Phi) is 13.1. The molecule has 0 unspecified atom stereocenters. The summed E-state index contributed by atoms with van der Waals surface area (Å²) in [5, 5.41) is 2.89. The summed E-state index contributed by atoms with van der Waals surface area (Å²) < 4.78 is 11.9. The van der Waals surface area contributed by atoms with Gasteiger partial charge in [-0.25, -0.2) is 0 Å². The molecule has 0 saturated carbocycles. The lowest BCUT2D eigenvalue weighted by molar-refractivity contribution is -0.134. The molecule has 1 atom stereocenters. The second-order valence-electron chi connectivity index (χ2n) is 10.0. The van der Waals surface area contributed by atoms with E-state index in [1.54, 1.807) is 0 Å². The van der Waals surface area contributed by atoms with Gasteiger partial charge in [-0.15, -0.1) is 0 Å². The number of hydrogen-bond donors (Lipinski definition) is 4. The van der Waals surface area contributed by atoms with Crippen molar-refractivity contribution in [2.75, 3.05) is 39.4 Å². The lowest BCUT2D eigenvalue weighted by Gasteiger charge is -2.24. The first-order valence-corrected chi connectivity index (χ1v) is 13.3. The molecule has 0 heterocycles. The van der Waals surface area contributed by atoms with E-state index < -0.39 is 18.0 Å². The summed E-state index contributed by atoms with van der Waals surface area (Å²) in [6.07, 6.45) is -0.145. The van der Waals surface area contributed by atoms with Crippen molar-refractivity contribution in [1.29, 1.82) is 0 Å². The van der Waals surface area contributed by atoms with E-state index in [1.165, 1.54) is 16.0 Å². The Bertz CT molecular complexity index is 918. The molecule has 0 saturated heterocycles. The van der Waals surface area contributed by atoms with Gasteiger partial charge in [0.15, 0.2) is 0 Å². The van der Waals surface area contributed by atoms with Gasteiger partial charge in [0.2, 0.25) is 11.8 Å². The highest BCUT2D eigenvalue weighted by Gasteiger charge is 2.24. The Morgan fingerprint density at radius 3 is 1.58 bits per heavy atom. The maximum atomic E-state index is 12.9. The topological polar surface area (TPSA) is 146 Å². The molecule has 0 aliphatic rings. The summed E-state index contributed by atoms with van der Waals surface area (Å²) >= 11 is 0. The van der Waals surface area contributed by atoms with E-state index in [0.717, 1.165) is 0 Å². The Balaban J connectivity index is 2.04. The first kappa shape index (κ1) is 31.1. The van der Waals surface area contributed by atoms with Gasteiger partial charge in [-0.1, -0.05) is 52.0 Å². The zero-order valence-electron chi connectivity index (χ0n) is 23.2. The van der Waals surface area contributed by atoms with Gasteiger partial charge in [0.25, 0.3) is 0 Å². The van der Waals surface area contributed by atoms with Crippen LogP contribution in [0.1, 0.15) is 57.1 Å². The fourth-order valence-corrected chi connectivity index (χ4v) is 3.81. The lowest BCUT2D eigenvalue weighted by atomic mass is 10.0. The van der Waals surface area contributed by atoms with Crippen molar-refractivity contribution >= 4 is 11.8 Å². The predicted molar refractivity (Wildman–Crippen MR) is 151 cm³/mol. The number of carbonyl (C=O) groups excluding carboxylic acids is 2. The van der Waals surface area contributed by atoms with Gasteiger partial charge in [0.1, 0.15) is 24.7 Å². The molecule has 9 nitrogen and oxygen atoms in total. The molecule has 0 aliphatic carbocycles. The van der Waals surface area contributed by atoms with E-state index in [0.29, 0.717) is 49.5 Å². The van der Waals surface area contributed by atoms with Gasteiger partial charge in [-0.05, 0) is 47.2 Å². The molecule has 2 aromatic carbocycles. The second kappa shape index (κ2) is 16.0. The molecule has 7 N–H and O–H groups in total. The zero-order valence-corrected chi connectivity index (χ0v) is 23.2. The third-order valence-corrected chi connectivity index (χ3v) is 6.22. The van der Waals surface area contributed by atoms with E-state index in [-0.39, 0.29) is 25.5 Å². The molecule has 0 aromatic heterocycles. The van der Waals surface area contributed by atoms with Crippen molar-refractivity contribution in [2.45, 2.75) is 58.0 Å².